The van der Waals surface area contributed by atoms with Crippen LogP contribution >= 0.6 is 11.6 Å². The van der Waals surface area contributed by atoms with Gasteiger partial charge >= 0.3 is 0 Å². The molecule has 0 fully saturated rings. The Balaban J connectivity index is 2.78. The summed E-state index contributed by atoms with van der Waals surface area (Å²) < 4.78 is 0. The van der Waals surface area contributed by atoms with Gasteiger partial charge in [0.2, 0.25) is 5.91 Å². The van der Waals surface area contributed by atoms with Crippen molar-refractivity contribution in [2.45, 2.75) is 6.92 Å². The molecule has 0 unspecified atom stereocenters. The van der Waals surface area contributed by atoms with Gasteiger partial charge in [-0.25, -0.2) is 0 Å². The van der Waals surface area contributed by atoms with E-state index in [1.807, 2.05) is 0 Å². The van der Waals surface area contributed by atoms with Crippen LogP contribution in [0, 0.1) is 0 Å². The maximum Gasteiger partial charge on any atom is 0.248 e. The number of benzene rings is 1. The number of allylic oxidation sites excluding steroid dienone is 1. The van der Waals surface area contributed by atoms with E-state index in [-0.39, 0.29) is 16.7 Å². The second-order valence-electron chi connectivity index (χ2n) is 2.66. The largest absolute Gasteiger partial charge is 0.506 e. The lowest BCUT2D eigenvalue weighted by Gasteiger charge is -2.03. The van der Waals surface area contributed by atoms with E-state index in [0.29, 0.717) is 5.69 Å². The fourth-order valence-electron chi connectivity index (χ4n) is 0.920. The number of hydrogen-bond donors (Lipinski definition) is 2. The Bertz CT molecular complexity index is 374. The second-order valence-corrected chi connectivity index (χ2v) is 3.06. The first-order valence-electron chi connectivity index (χ1n) is 4.05. The third-order valence-electron chi connectivity index (χ3n) is 1.53. The quantitative estimate of drug-likeness (QED) is 0.584. The molecule has 0 saturated carbocycles. The SMILES string of the molecule is CC=CC(=O)Nc1ccc(O)c(Cl)c1. The molecule has 1 aromatic carbocycles. The number of amides is 1. The van der Waals surface area contributed by atoms with Crippen LogP contribution in [0.25, 0.3) is 0 Å². The van der Waals surface area contributed by atoms with Crippen molar-refractivity contribution in [3.8, 4) is 5.75 Å². The van der Waals surface area contributed by atoms with Crippen molar-refractivity contribution in [1.29, 1.82) is 0 Å². The van der Waals surface area contributed by atoms with Gasteiger partial charge in [0.05, 0.1) is 5.02 Å². The first-order valence-corrected chi connectivity index (χ1v) is 4.43. The van der Waals surface area contributed by atoms with Crippen molar-refractivity contribution < 1.29 is 9.90 Å². The summed E-state index contributed by atoms with van der Waals surface area (Å²) in [4.78, 5) is 11.1. The van der Waals surface area contributed by atoms with Crippen LogP contribution in [0.1, 0.15) is 6.92 Å². The van der Waals surface area contributed by atoms with Crippen LogP contribution in [0.4, 0.5) is 5.69 Å². The predicted octanol–water partition coefficient (Wildman–Crippen LogP) is 2.56. The maximum absolute atomic E-state index is 11.1. The molecule has 0 spiro atoms. The third kappa shape index (κ3) is 2.78. The van der Waals surface area contributed by atoms with Crippen molar-refractivity contribution in [2.75, 3.05) is 5.32 Å². The number of nitrogens with one attached hydrogen (secondary N) is 1. The summed E-state index contributed by atoms with van der Waals surface area (Å²) in [5, 5.41) is 11.9. The first-order chi connectivity index (χ1) is 6.63. The van der Waals surface area contributed by atoms with E-state index < -0.39 is 0 Å². The molecule has 0 aliphatic heterocycles. The minimum Gasteiger partial charge on any atom is -0.506 e. The van der Waals surface area contributed by atoms with Crippen LogP contribution in [0.3, 0.4) is 0 Å². The van der Waals surface area contributed by atoms with Gasteiger partial charge < -0.3 is 10.4 Å². The molecule has 2 N–H and O–H groups in total. The van der Waals surface area contributed by atoms with Crippen molar-refractivity contribution in [2.24, 2.45) is 0 Å². The second kappa shape index (κ2) is 4.67. The lowest BCUT2D eigenvalue weighted by Crippen LogP contribution is -2.07. The highest BCUT2D eigenvalue weighted by Crippen LogP contribution is 2.25. The molecule has 4 heteroatoms. The Kier molecular flexibility index (Phi) is 3.54. The standard InChI is InChI=1S/C10H10ClNO2/c1-2-3-10(14)12-7-4-5-9(13)8(11)6-7/h2-6,13H,1H3,(H,12,14). The molecular weight excluding hydrogens is 202 g/mol. The molecular formula is C10H10ClNO2. The molecule has 74 valence electrons. The molecule has 0 saturated heterocycles. The minimum absolute atomic E-state index is 0.00398. The fourth-order valence-corrected chi connectivity index (χ4v) is 1.10. The summed E-state index contributed by atoms with van der Waals surface area (Å²) in [6.45, 7) is 1.75. The lowest BCUT2D eigenvalue weighted by molar-refractivity contribution is -0.111. The normalized spacial score (nSPS) is 10.4. The number of anilines is 1. The van der Waals surface area contributed by atoms with Gasteiger partial charge in [-0.05, 0) is 31.2 Å². The molecule has 14 heavy (non-hydrogen) atoms. The zero-order valence-corrected chi connectivity index (χ0v) is 8.38. The van der Waals surface area contributed by atoms with Crippen LogP contribution in [-0.4, -0.2) is 11.0 Å². The van der Waals surface area contributed by atoms with Gasteiger partial charge in [-0.15, -0.1) is 0 Å². The Hall–Kier alpha value is -1.48. The Labute approximate surface area is 87.0 Å². The minimum atomic E-state index is -0.228. The average Bonchev–Trinajstić information content (AvgIpc) is 2.12. The number of phenols is 1. The summed E-state index contributed by atoms with van der Waals surface area (Å²) in [5.41, 5.74) is 0.552. The molecule has 1 aromatic rings. The number of aromatic hydroxyl groups is 1. The van der Waals surface area contributed by atoms with Crippen molar-refractivity contribution in [3.63, 3.8) is 0 Å². The molecule has 3 nitrogen and oxygen atoms in total. The monoisotopic (exact) mass is 211 g/mol. The summed E-state index contributed by atoms with van der Waals surface area (Å²) >= 11 is 5.66. The van der Waals surface area contributed by atoms with Crippen LogP contribution < -0.4 is 5.32 Å². The van der Waals surface area contributed by atoms with E-state index in [0.717, 1.165) is 0 Å². The first kappa shape index (κ1) is 10.6. The van der Waals surface area contributed by atoms with Crippen LogP contribution in [-0.2, 0) is 4.79 Å². The fraction of sp³-hybridized carbons (Fsp3) is 0.100. The summed E-state index contributed by atoms with van der Waals surface area (Å²) in [6, 6.07) is 4.48. The van der Waals surface area contributed by atoms with Crippen LogP contribution in [0.15, 0.2) is 30.4 Å². The average molecular weight is 212 g/mol. The van der Waals surface area contributed by atoms with Gasteiger partial charge in [-0.2, -0.15) is 0 Å². The van der Waals surface area contributed by atoms with Crippen LogP contribution in [0.2, 0.25) is 5.02 Å². The van der Waals surface area contributed by atoms with E-state index in [2.05, 4.69) is 5.32 Å². The predicted molar refractivity (Wildman–Crippen MR) is 56.6 cm³/mol. The maximum atomic E-state index is 11.1. The highest BCUT2D eigenvalue weighted by molar-refractivity contribution is 6.32. The summed E-state index contributed by atoms with van der Waals surface area (Å²) in [5.74, 6) is -0.232. The van der Waals surface area contributed by atoms with Gasteiger partial charge in [0, 0.05) is 5.69 Å². The number of hydrogen-bond acceptors (Lipinski definition) is 2. The van der Waals surface area contributed by atoms with Crippen molar-refractivity contribution in [3.05, 3.63) is 35.4 Å². The molecule has 0 bridgehead atoms. The van der Waals surface area contributed by atoms with Gasteiger partial charge in [0.25, 0.3) is 0 Å². The Morgan fingerprint density at radius 2 is 2.29 bits per heavy atom. The van der Waals surface area contributed by atoms with E-state index in [1.165, 1.54) is 18.2 Å². The molecule has 0 atom stereocenters. The molecule has 0 heterocycles. The molecule has 0 aromatic heterocycles. The lowest BCUT2D eigenvalue weighted by atomic mass is 10.3. The summed E-state index contributed by atoms with van der Waals surface area (Å²) in [6.07, 6.45) is 3.04. The summed E-state index contributed by atoms with van der Waals surface area (Å²) in [7, 11) is 0. The molecule has 1 amide bonds. The number of carbonyl (C=O) groups is 1. The number of rotatable bonds is 2. The molecule has 0 aliphatic rings. The topological polar surface area (TPSA) is 49.3 Å². The van der Waals surface area contributed by atoms with E-state index >= 15 is 0 Å². The zero-order valence-electron chi connectivity index (χ0n) is 7.62. The highest BCUT2D eigenvalue weighted by Gasteiger charge is 2.01. The highest BCUT2D eigenvalue weighted by atomic mass is 35.5. The van der Waals surface area contributed by atoms with Gasteiger partial charge in [-0.1, -0.05) is 17.7 Å². The number of carbonyl (C=O) groups excluding carboxylic acids is 1. The third-order valence-corrected chi connectivity index (χ3v) is 1.84. The van der Waals surface area contributed by atoms with E-state index in [9.17, 15) is 4.79 Å². The molecule has 0 aliphatic carbocycles. The Morgan fingerprint density at radius 3 is 2.86 bits per heavy atom. The van der Waals surface area contributed by atoms with Crippen LogP contribution in [0.5, 0.6) is 5.75 Å². The van der Waals surface area contributed by atoms with Gasteiger partial charge in [0.1, 0.15) is 5.75 Å². The van der Waals surface area contributed by atoms with Gasteiger partial charge in [0.15, 0.2) is 0 Å². The molecule has 0 radical (unpaired) electrons. The van der Waals surface area contributed by atoms with Crippen molar-refractivity contribution in [1.82, 2.24) is 0 Å². The molecule has 1 rings (SSSR count). The van der Waals surface area contributed by atoms with Gasteiger partial charge in [-0.3, -0.25) is 4.79 Å². The zero-order chi connectivity index (χ0) is 10.6. The van der Waals surface area contributed by atoms with E-state index in [1.54, 1.807) is 19.1 Å². The van der Waals surface area contributed by atoms with E-state index in [4.69, 9.17) is 16.7 Å². The Morgan fingerprint density at radius 1 is 1.57 bits per heavy atom. The number of phenolic OH excluding ortho intramolecular Hbond substituents is 1. The van der Waals surface area contributed by atoms with Crippen molar-refractivity contribution >= 4 is 23.2 Å². The smallest absolute Gasteiger partial charge is 0.248 e. The number of halogens is 1.